The molecule has 6 rings (SSSR count). The molecule has 0 aliphatic rings. The lowest BCUT2D eigenvalue weighted by Crippen LogP contribution is -2.55. The van der Waals surface area contributed by atoms with Crippen molar-refractivity contribution >= 4 is 68.4 Å². The van der Waals surface area contributed by atoms with Gasteiger partial charge in [-0.15, -0.1) is 45.3 Å². The van der Waals surface area contributed by atoms with E-state index in [0.717, 1.165) is 0 Å². The van der Waals surface area contributed by atoms with Crippen molar-refractivity contribution in [1.82, 2.24) is 0 Å². The molecule has 0 saturated heterocycles. The summed E-state index contributed by atoms with van der Waals surface area (Å²) in [5.74, 6) is 0. The van der Waals surface area contributed by atoms with Crippen molar-refractivity contribution in [2.75, 3.05) is 0 Å². The van der Waals surface area contributed by atoms with Gasteiger partial charge in [-0.1, -0.05) is 74.6 Å². The lowest BCUT2D eigenvalue weighted by Gasteiger charge is -2.24. The highest BCUT2D eigenvalue weighted by atomic mass is 32.1. The maximum absolute atomic E-state index is 2.50. The zero-order valence-corrected chi connectivity index (χ0v) is 30.2. The van der Waals surface area contributed by atoms with E-state index in [1.54, 1.807) is 0 Å². The molecule has 0 fully saturated rings. The minimum absolute atomic E-state index is 0.173. The summed E-state index contributed by atoms with van der Waals surface area (Å²) in [4.78, 5) is 9.72. The second-order valence-electron chi connectivity index (χ2n) is 12.3. The fourth-order valence-corrected chi connectivity index (χ4v) is 11.4. The molecule has 0 spiro atoms. The zero-order valence-electron chi connectivity index (χ0n) is 26.9. The highest BCUT2D eigenvalue weighted by Gasteiger charge is 2.32. The van der Waals surface area contributed by atoms with Crippen LogP contribution < -0.4 is 16.4 Å². The van der Waals surface area contributed by atoms with Crippen molar-refractivity contribution < 1.29 is 0 Å². The summed E-state index contributed by atoms with van der Waals surface area (Å²) in [5.41, 5.74) is 16.6. The van der Waals surface area contributed by atoms with E-state index in [-0.39, 0.29) is 6.71 Å². The molecule has 218 valence electrons. The molecule has 2 aromatic carbocycles. The van der Waals surface area contributed by atoms with Crippen LogP contribution in [-0.4, -0.2) is 6.71 Å². The van der Waals surface area contributed by atoms with Gasteiger partial charge in [0.25, 0.3) is 0 Å². The summed E-state index contributed by atoms with van der Waals surface area (Å²) in [6.45, 7) is 22.8. The van der Waals surface area contributed by atoms with Gasteiger partial charge in [0.05, 0.1) is 0 Å². The van der Waals surface area contributed by atoms with Crippen LogP contribution in [0.1, 0.15) is 52.9 Å². The predicted molar refractivity (Wildman–Crippen MR) is 199 cm³/mol. The Kier molecular flexibility index (Phi) is 8.23. The number of hydrogen-bond acceptors (Lipinski definition) is 4. The van der Waals surface area contributed by atoms with Crippen LogP contribution in [0.4, 0.5) is 0 Å². The van der Waals surface area contributed by atoms with Crippen molar-refractivity contribution in [1.29, 1.82) is 0 Å². The molecular weight excluding hydrogens is 595 g/mol. The molecule has 0 nitrogen and oxygen atoms in total. The molecule has 0 aliphatic heterocycles. The third-order valence-corrected chi connectivity index (χ3v) is 12.8. The average Bonchev–Trinajstić information content (AvgIpc) is 3.67. The van der Waals surface area contributed by atoms with Gasteiger partial charge in [-0.25, -0.2) is 0 Å². The Balaban J connectivity index is 1.63. The number of thiophene rings is 4. The van der Waals surface area contributed by atoms with Gasteiger partial charge < -0.3 is 0 Å². The van der Waals surface area contributed by atoms with E-state index in [0.29, 0.717) is 0 Å². The van der Waals surface area contributed by atoms with E-state index in [2.05, 4.69) is 123 Å². The Bertz CT molecular complexity index is 1820. The van der Waals surface area contributed by atoms with Gasteiger partial charge in [0, 0.05) is 45.3 Å². The number of hydrogen-bond donors (Lipinski definition) is 0. The quantitative estimate of drug-likeness (QED) is 0.160. The first-order chi connectivity index (χ1) is 20.4. The van der Waals surface area contributed by atoms with E-state index in [4.69, 9.17) is 0 Å². The predicted octanol–water partition coefficient (Wildman–Crippen LogP) is 10.5. The van der Waals surface area contributed by atoms with Gasteiger partial charge in [0.15, 0.2) is 0 Å². The highest BCUT2D eigenvalue weighted by Crippen LogP contribution is 2.48. The molecule has 6 aromatic rings. The lowest BCUT2D eigenvalue weighted by atomic mass is 9.34. The Morgan fingerprint density at radius 1 is 0.488 bits per heavy atom. The van der Waals surface area contributed by atoms with Crippen molar-refractivity contribution in [3.63, 3.8) is 0 Å². The smallest absolute Gasteiger partial charge is 0.145 e. The van der Waals surface area contributed by atoms with Crippen molar-refractivity contribution in [3.05, 3.63) is 107 Å². The number of rotatable bonds is 6. The Morgan fingerprint density at radius 2 is 0.977 bits per heavy atom. The van der Waals surface area contributed by atoms with E-state index in [1.807, 2.05) is 45.3 Å². The van der Waals surface area contributed by atoms with E-state index in [9.17, 15) is 0 Å². The van der Waals surface area contributed by atoms with Crippen molar-refractivity contribution in [2.45, 2.75) is 69.2 Å². The van der Waals surface area contributed by atoms with Gasteiger partial charge in [-0.2, -0.15) is 0 Å². The zero-order chi connectivity index (χ0) is 30.7. The Labute approximate surface area is 274 Å². The number of aryl methyl sites for hydroxylation is 10. The second-order valence-corrected chi connectivity index (χ2v) is 17.2. The Hall–Kier alpha value is -2.70. The first kappa shape index (κ1) is 30.3. The molecule has 4 heterocycles. The third kappa shape index (κ3) is 5.55. The summed E-state index contributed by atoms with van der Waals surface area (Å²) in [5, 5.41) is 2.31. The summed E-state index contributed by atoms with van der Waals surface area (Å²) in [6.07, 6.45) is 0. The lowest BCUT2D eigenvalue weighted by molar-refractivity contribution is 1.34. The molecule has 0 saturated carbocycles. The summed E-state index contributed by atoms with van der Waals surface area (Å²) in [6, 6.07) is 19.1. The third-order valence-electron chi connectivity index (χ3n) is 8.63. The van der Waals surface area contributed by atoms with Crippen molar-refractivity contribution in [3.8, 4) is 31.3 Å². The standard InChI is InChI=1S/C38H39BS4/c1-20-13-22(3)35(23(4)14-20)39(36-24(5)15-21(2)16-25(36)6)33-11-12-40-38(33)34-19-32(30-17-26(7)41-28(30)9)37(43-34)31-18-27(8)42-29(31)10/h11-19H,1-10H3. The maximum atomic E-state index is 2.50. The molecule has 0 N–H and O–H groups in total. The van der Waals surface area contributed by atoms with Crippen LogP contribution >= 0.6 is 45.3 Å². The monoisotopic (exact) mass is 634 g/mol. The van der Waals surface area contributed by atoms with Gasteiger partial charge in [-0.3, -0.25) is 0 Å². The fraction of sp³-hybridized carbons (Fsp3) is 0.263. The fourth-order valence-electron chi connectivity index (χ4n) is 7.15. The second kappa shape index (κ2) is 11.7. The SMILES string of the molecule is Cc1cc(C)c(B(c2ccsc2-c2cc(-c3cc(C)sc3C)c(-c3cc(C)sc3C)s2)c2c(C)cc(C)cc2C)c(C)c1. The van der Waals surface area contributed by atoms with Crippen LogP contribution in [-0.2, 0) is 0 Å². The summed E-state index contributed by atoms with van der Waals surface area (Å²) < 4.78 is 0. The topological polar surface area (TPSA) is 0 Å². The molecule has 0 atom stereocenters. The van der Waals surface area contributed by atoms with Crippen LogP contribution in [0.2, 0.25) is 0 Å². The Morgan fingerprint density at radius 3 is 1.44 bits per heavy atom. The summed E-state index contributed by atoms with van der Waals surface area (Å²) in [7, 11) is 0. The largest absolute Gasteiger partial charge is 0.244 e. The van der Waals surface area contributed by atoms with Crippen LogP contribution in [0.3, 0.4) is 0 Å². The van der Waals surface area contributed by atoms with Gasteiger partial charge in [0.1, 0.15) is 0 Å². The van der Waals surface area contributed by atoms with E-state index < -0.39 is 0 Å². The van der Waals surface area contributed by atoms with E-state index in [1.165, 1.54) is 101 Å². The van der Waals surface area contributed by atoms with Crippen LogP contribution in [0.5, 0.6) is 0 Å². The molecule has 5 heteroatoms. The molecule has 0 radical (unpaired) electrons. The average molecular weight is 635 g/mol. The van der Waals surface area contributed by atoms with Gasteiger partial charge >= 0.3 is 0 Å². The summed E-state index contributed by atoms with van der Waals surface area (Å²) >= 11 is 7.69. The minimum Gasteiger partial charge on any atom is -0.145 e. The number of benzene rings is 2. The van der Waals surface area contributed by atoms with Crippen LogP contribution in [0, 0.1) is 69.2 Å². The molecular formula is C38H39BS4. The molecule has 0 aliphatic carbocycles. The normalized spacial score (nSPS) is 11.5. The molecule has 0 bridgehead atoms. The van der Waals surface area contributed by atoms with Crippen LogP contribution in [0.15, 0.2) is 53.9 Å². The molecule has 0 unspecified atom stereocenters. The van der Waals surface area contributed by atoms with Crippen LogP contribution in [0.25, 0.3) is 31.3 Å². The van der Waals surface area contributed by atoms with Crippen molar-refractivity contribution in [2.24, 2.45) is 0 Å². The maximum Gasteiger partial charge on any atom is 0.244 e. The van der Waals surface area contributed by atoms with Gasteiger partial charge in [0.2, 0.25) is 6.71 Å². The first-order valence-electron chi connectivity index (χ1n) is 14.9. The van der Waals surface area contributed by atoms with E-state index >= 15 is 0 Å². The highest BCUT2D eigenvalue weighted by molar-refractivity contribution is 7.25. The molecule has 0 amide bonds. The molecule has 4 aromatic heterocycles. The minimum atomic E-state index is 0.173. The van der Waals surface area contributed by atoms with Gasteiger partial charge in [-0.05, 0) is 104 Å². The first-order valence-corrected chi connectivity index (χ1v) is 18.3. The molecule has 43 heavy (non-hydrogen) atoms.